The van der Waals surface area contributed by atoms with Gasteiger partial charge in [0.05, 0.1) is 19.8 Å². The topological polar surface area (TPSA) is 21.7 Å². The van der Waals surface area contributed by atoms with Crippen LogP contribution in [-0.4, -0.2) is 32.7 Å². The van der Waals surface area contributed by atoms with Gasteiger partial charge in [0.25, 0.3) is 0 Å². The number of rotatable bonds is 4. The largest absolute Gasteiger partial charge is 0.493 e. The molecule has 0 saturated carbocycles. The zero-order valence-corrected chi connectivity index (χ0v) is 14.2. The molecule has 1 aliphatic heterocycles. The highest BCUT2D eigenvalue weighted by Gasteiger charge is 2.40. The predicted octanol–water partition coefficient (Wildman–Crippen LogP) is 4.06. The Morgan fingerprint density at radius 2 is 1.61 bits per heavy atom. The molecule has 3 rings (SSSR count). The van der Waals surface area contributed by atoms with Crippen LogP contribution in [0.2, 0.25) is 0 Å². The molecule has 1 aliphatic rings. The second kappa shape index (κ2) is 6.63. The summed E-state index contributed by atoms with van der Waals surface area (Å²) in [6, 6.07) is 17.1. The van der Waals surface area contributed by atoms with Gasteiger partial charge in [-0.1, -0.05) is 36.4 Å². The third kappa shape index (κ3) is 2.70. The van der Waals surface area contributed by atoms with E-state index in [1.165, 1.54) is 24.0 Å². The van der Waals surface area contributed by atoms with Gasteiger partial charge in [0.15, 0.2) is 11.5 Å². The Morgan fingerprint density at radius 1 is 0.870 bits per heavy atom. The standard InChI is InChI=1S/C20H25NO2/c1-21-14-8-7-13-20(21,16-9-5-4-6-10-16)17-11-12-18(22-2)19(15-17)23-3/h4-6,9-12,15H,7-8,13-14H2,1-3H3/t20-/m0/s1. The van der Waals surface area contributed by atoms with E-state index in [0.29, 0.717) is 0 Å². The van der Waals surface area contributed by atoms with E-state index in [4.69, 9.17) is 9.47 Å². The first-order valence-electron chi connectivity index (χ1n) is 8.21. The molecule has 1 fully saturated rings. The lowest BCUT2D eigenvalue weighted by Gasteiger charge is -2.46. The molecule has 3 nitrogen and oxygen atoms in total. The molecule has 0 aromatic heterocycles. The molecule has 2 aromatic rings. The van der Waals surface area contributed by atoms with Crippen molar-refractivity contribution in [3.63, 3.8) is 0 Å². The maximum absolute atomic E-state index is 5.54. The molecule has 0 unspecified atom stereocenters. The minimum Gasteiger partial charge on any atom is -0.493 e. The van der Waals surface area contributed by atoms with Crippen molar-refractivity contribution in [1.29, 1.82) is 0 Å². The Hall–Kier alpha value is -2.00. The molecule has 1 atom stereocenters. The Bertz CT molecular complexity index is 656. The van der Waals surface area contributed by atoms with Gasteiger partial charge in [-0.3, -0.25) is 4.90 Å². The second-order valence-electron chi connectivity index (χ2n) is 6.17. The highest BCUT2D eigenvalue weighted by Crippen LogP contribution is 2.44. The van der Waals surface area contributed by atoms with Gasteiger partial charge in [0, 0.05) is 0 Å². The van der Waals surface area contributed by atoms with Crippen molar-refractivity contribution in [1.82, 2.24) is 4.90 Å². The van der Waals surface area contributed by atoms with E-state index in [9.17, 15) is 0 Å². The van der Waals surface area contributed by atoms with Crippen molar-refractivity contribution in [3.05, 3.63) is 59.7 Å². The van der Waals surface area contributed by atoms with Gasteiger partial charge < -0.3 is 9.47 Å². The summed E-state index contributed by atoms with van der Waals surface area (Å²) in [6.07, 6.45) is 3.59. The zero-order chi connectivity index (χ0) is 16.3. The van der Waals surface area contributed by atoms with E-state index in [-0.39, 0.29) is 5.54 Å². The molecule has 23 heavy (non-hydrogen) atoms. The monoisotopic (exact) mass is 311 g/mol. The molecular weight excluding hydrogens is 286 g/mol. The summed E-state index contributed by atoms with van der Waals surface area (Å²) in [6.45, 7) is 1.10. The highest BCUT2D eigenvalue weighted by atomic mass is 16.5. The van der Waals surface area contributed by atoms with Gasteiger partial charge >= 0.3 is 0 Å². The van der Waals surface area contributed by atoms with Gasteiger partial charge in [-0.2, -0.15) is 0 Å². The first-order valence-corrected chi connectivity index (χ1v) is 8.21. The first-order chi connectivity index (χ1) is 11.2. The number of likely N-dealkylation sites (tertiary alicyclic amines) is 1. The zero-order valence-electron chi connectivity index (χ0n) is 14.2. The molecule has 0 N–H and O–H groups in total. The van der Waals surface area contributed by atoms with E-state index in [0.717, 1.165) is 24.5 Å². The van der Waals surface area contributed by atoms with E-state index in [1.807, 2.05) is 6.07 Å². The number of ether oxygens (including phenoxy) is 2. The maximum atomic E-state index is 5.54. The van der Waals surface area contributed by atoms with Crippen LogP contribution in [0.25, 0.3) is 0 Å². The molecule has 2 aromatic carbocycles. The summed E-state index contributed by atoms with van der Waals surface area (Å²) >= 11 is 0. The van der Waals surface area contributed by atoms with Crippen molar-refractivity contribution in [2.45, 2.75) is 24.8 Å². The summed E-state index contributed by atoms with van der Waals surface area (Å²) in [5.74, 6) is 1.57. The Morgan fingerprint density at radius 3 is 2.26 bits per heavy atom. The van der Waals surface area contributed by atoms with Crippen LogP contribution in [0.3, 0.4) is 0 Å². The highest BCUT2D eigenvalue weighted by molar-refractivity contribution is 5.48. The number of nitrogens with zero attached hydrogens (tertiary/aromatic N) is 1. The smallest absolute Gasteiger partial charge is 0.161 e. The van der Waals surface area contributed by atoms with Crippen molar-refractivity contribution < 1.29 is 9.47 Å². The van der Waals surface area contributed by atoms with Crippen molar-refractivity contribution in [3.8, 4) is 11.5 Å². The quantitative estimate of drug-likeness (QED) is 0.850. The molecule has 0 aliphatic carbocycles. The van der Waals surface area contributed by atoms with Gasteiger partial charge in [0.2, 0.25) is 0 Å². The van der Waals surface area contributed by atoms with E-state index in [1.54, 1.807) is 14.2 Å². The number of hydrogen-bond donors (Lipinski definition) is 0. The lowest BCUT2D eigenvalue weighted by Crippen LogP contribution is -2.47. The van der Waals surface area contributed by atoms with Crippen LogP contribution in [0, 0.1) is 0 Å². The summed E-state index contributed by atoms with van der Waals surface area (Å²) in [4.78, 5) is 2.48. The van der Waals surface area contributed by atoms with Crippen LogP contribution < -0.4 is 9.47 Å². The molecule has 1 saturated heterocycles. The summed E-state index contributed by atoms with van der Waals surface area (Å²) in [5.41, 5.74) is 2.51. The van der Waals surface area contributed by atoms with Crippen LogP contribution in [0.5, 0.6) is 11.5 Å². The fourth-order valence-corrected chi connectivity index (χ4v) is 3.81. The molecule has 0 bridgehead atoms. The second-order valence-corrected chi connectivity index (χ2v) is 6.17. The Kier molecular flexibility index (Phi) is 4.58. The molecule has 0 radical (unpaired) electrons. The SMILES string of the molecule is COc1ccc([C@@]2(c3ccccc3)CCCCN2C)cc1OC. The van der Waals surface area contributed by atoms with Crippen LogP contribution >= 0.6 is 0 Å². The number of hydrogen-bond acceptors (Lipinski definition) is 3. The molecule has 3 heteroatoms. The van der Waals surface area contributed by atoms with E-state index >= 15 is 0 Å². The summed E-state index contributed by atoms with van der Waals surface area (Å²) in [7, 11) is 5.60. The van der Waals surface area contributed by atoms with Crippen molar-refractivity contribution >= 4 is 0 Å². The maximum Gasteiger partial charge on any atom is 0.161 e. The van der Waals surface area contributed by atoms with Gasteiger partial charge in [-0.25, -0.2) is 0 Å². The van der Waals surface area contributed by atoms with Gasteiger partial charge in [-0.05, 0) is 56.1 Å². The lowest BCUT2D eigenvalue weighted by molar-refractivity contribution is 0.108. The summed E-state index contributed by atoms with van der Waals surface area (Å²) in [5, 5.41) is 0. The van der Waals surface area contributed by atoms with Crippen molar-refractivity contribution in [2.75, 3.05) is 27.8 Å². The fraction of sp³-hybridized carbons (Fsp3) is 0.400. The molecule has 122 valence electrons. The van der Waals surface area contributed by atoms with Gasteiger partial charge in [-0.15, -0.1) is 0 Å². The van der Waals surface area contributed by atoms with Crippen molar-refractivity contribution in [2.24, 2.45) is 0 Å². The average molecular weight is 311 g/mol. The average Bonchev–Trinajstić information content (AvgIpc) is 2.62. The van der Waals surface area contributed by atoms with Crippen LogP contribution in [0.1, 0.15) is 30.4 Å². The molecular formula is C20H25NO2. The molecule has 0 amide bonds. The van der Waals surface area contributed by atoms with Gasteiger partial charge in [0.1, 0.15) is 0 Å². The fourth-order valence-electron chi connectivity index (χ4n) is 3.81. The normalized spacial score (nSPS) is 21.9. The third-order valence-corrected chi connectivity index (χ3v) is 5.05. The third-order valence-electron chi connectivity index (χ3n) is 5.05. The molecule has 0 spiro atoms. The van der Waals surface area contributed by atoms with Crippen LogP contribution in [0.15, 0.2) is 48.5 Å². The van der Waals surface area contributed by atoms with E-state index in [2.05, 4.69) is 54.4 Å². The minimum atomic E-state index is -0.0982. The molecule has 1 heterocycles. The predicted molar refractivity (Wildman–Crippen MR) is 93.2 cm³/mol. The number of benzene rings is 2. The van der Waals surface area contributed by atoms with Crippen LogP contribution in [-0.2, 0) is 5.54 Å². The Balaban J connectivity index is 2.16. The minimum absolute atomic E-state index is 0.0982. The first kappa shape index (κ1) is 15.9. The van der Waals surface area contributed by atoms with Crippen LogP contribution in [0.4, 0.5) is 0 Å². The lowest BCUT2D eigenvalue weighted by atomic mass is 9.75. The number of piperidine rings is 1. The Labute approximate surface area is 138 Å². The number of methoxy groups -OCH3 is 2. The van der Waals surface area contributed by atoms with E-state index < -0.39 is 0 Å². The summed E-state index contributed by atoms with van der Waals surface area (Å²) < 4.78 is 10.9.